The fourth-order valence-corrected chi connectivity index (χ4v) is 1.99. The maximum atomic E-state index is 11.9. The molecule has 1 aromatic rings. The van der Waals surface area contributed by atoms with E-state index in [4.69, 9.17) is 4.74 Å². The monoisotopic (exact) mass is 253 g/mol. The molecule has 1 fully saturated rings. The summed E-state index contributed by atoms with van der Waals surface area (Å²) in [6, 6.07) is 0. The van der Waals surface area contributed by atoms with Crippen molar-refractivity contribution in [3.8, 4) is 0 Å². The minimum atomic E-state index is -0.806. The van der Waals surface area contributed by atoms with Crippen LogP contribution in [-0.4, -0.2) is 40.0 Å². The van der Waals surface area contributed by atoms with Crippen molar-refractivity contribution in [2.45, 2.75) is 31.9 Å². The molecule has 0 spiro atoms. The molecule has 0 amide bonds. The highest BCUT2D eigenvalue weighted by Gasteiger charge is 2.29. The third kappa shape index (κ3) is 2.88. The highest BCUT2D eigenvalue weighted by molar-refractivity contribution is 5.31. The normalized spacial score (nSPS) is 18.6. The second-order valence-corrected chi connectivity index (χ2v) is 4.56. The Bertz CT molecular complexity index is 452. The number of aryl methyl sites for hydroxylation is 1. The highest BCUT2D eigenvalue weighted by atomic mass is 16.5. The summed E-state index contributed by atoms with van der Waals surface area (Å²) in [4.78, 5) is 15.9. The molecule has 0 atom stereocenters. The summed E-state index contributed by atoms with van der Waals surface area (Å²) in [6.45, 7) is 3.94. The molecule has 1 aliphatic rings. The van der Waals surface area contributed by atoms with Gasteiger partial charge in [-0.3, -0.25) is 4.79 Å². The highest BCUT2D eigenvalue weighted by Crippen LogP contribution is 2.20. The van der Waals surface area contributed by atoms with Crippen LogP contribution in [0.4, 0.5) is 5.82 Å². The van der Waals surface area contributed by atoms with Gasteiger partial charge in [0.05, 0.1) is 5.60 Å². The Morgan fingerprint density at radius 3 is 2.94 bits per heavy atom. The maximum absolute atomic E-state index is 11.9. The van der Waals surface area contributed by atoms with Crippen molar-refractivity contribution in [3.63, 3.8) is 0 Å². The lowest BCUT2D eigenvalue weighted by Crippen LogP contribution is -2.43. The molecule has 2 rings (SSSR count). The Balaban J connectivity index is 2.04. The van der Waals surface area contributed by atoms with E-state index in [2.05, 4.69) is 10.3 Å². The van der Waals surface area contributed by atoms with Gasteiger partial charge < -0.3 is 19.7 Å². The average molecular weight is 253 g/mol. The van der Waals surface area contributed by atoms with Gasteiger partial charge in [-0.25, -0.2) is 4.98 Å². The van der Waals surface area contributed by atoms with Gasteiger partial charge in [0.2, 0.25) is 0 Å². The van der Waals surface area contributed by atoms with Gasteiger partial charge in [-0.05, 0) is 6.92 Å². The lowest BCUT2D eigenvalue weighted by atomic mass is 9.94. The van der Waals surface area contributed by atoms with Crippen LogP contribution in [0, 0.1) is 0 Å². The maximum Gasteiger partial charge on any atom is 0.293 e. The first-order chi connectivity index (χ1) is 8.64. The molecule has 0 bridgehead atoms. The van der Waals surface area contributed by atoms with Crippen molar-refractivity contribution in [3.05, 3.63) is 22.7 Å². The fourth-order valence-electron chi connectivity index (χ4n) is 1.99. The summed E-state index contributed by atoms with van der Waals surface area (Å²) >= 11 is 0. The summed E-state index contributed by atoms with van der Waals surface area (Å²) in [5, 5.41) is 13.2. The van der Waals surface area contributed by atoms with E-state index in [0.29, 0.717) is 45.0 Å². The molecule has 0 aliphatic carbocycles. The number of rotatable bonds is 4. The van der Waals surface area contributed by atoms with E-state index in [0.717, 1.165) is 0 Å². The van der Waals surface area contributed by atoms with Crippen LogP contribution in [0.5, 0.6) is 0 Å². The minimum Gasteiger partial charge on any atom is -0.388 e. The Kier molecular flexibility index (Phi) is 3.98. The van der Waals surface area contributed by atoms with Crippen LogP contribution in [0.25, 0.3) is 0 Å². The van der Waals surface area contributed by atoms with Gasteiger partial charge in [-0.15, -0.1) is 0 Å². The third-order valence-electron chi connectivity index (χ3n) is 3.26. The van der Waals surface area contributed by atoms with E-state index in [-0.39, 0.29) is 5.56 Å². The van der Waals surface area contributed by atoms with Crippen molar-refractivity contribution in [1.29, 1.82) is 0 Å². The van der Waals surface area contributed by atoms with E-state index in [1.807, 2.05) is 6.92 Å². The van der Waals surface area contributed by atoms with Crippen molar-refractivity contribution < 1.29 is 9.84 Å². The van der Waals surface area contributed by atoms with Crippen LogP contribution >= 0.6 is 0 Å². The molecule has 2 heterocycles. The minimum absolute atomic E-state index is 0.157. The van der Waals surface area contributed by atoms with Crippen LogP contribution in [0.3, 0.4) is 0 Å². The summed E-state index contributed by atoms with van der Waals surface area (Å²) in [5.74, 6) is 0.291. The van der Waals surface area contributed by atoms with Crippen molar-refractivity contribution in [2.75, 3.05) is 25.1 Å². The van der Waals surface area contributed by atoms with Gasteiger partial charge in [0.1, 0.15) is 0 Å². The second-order valence-electron chi connectivity index (χ2n) is 4.56. The molecule has 1 saturated heterocycles. The van der Waals surface area contributed by atoms with Gasteiger partial charge in [0.25, 0.3) is 5.56 Å². The number of aliphatic hydroxyl groups is 1. The molecule has 0 radical (unpaired) electrons. The molecule has 0 saturated carbocycles. The summed E-state index contributed by atoms with van der Waals surface area (Å²) in [6.07, 6.45) is 4.39. The Labute approximate surface area is 106 Å². The van der Waals surface area contributed by atoms with Crippen LogP contribution in [-0.2, 0) is 11.3 Å². The van der Waals surface area contributed by atoms with Crippen LogP contribution in [0.15, 0.2) is 17.2 Å². The molecule has 0 unspecified atom stereocenters. The van der Waals surface area contributed by atoms with Crippen molar-refractivity contribution in [2.24, 2.45) is 0 Å². The molecular formula is C12H19N3O3. The SMILES string of the molecule is CCn1ccnc(NCC2(O)CCOCC2)c1=O. The van der Waals surface area contributed by atoms with Crippen LogP contribution in [0.1, 0.15) is 19.8 Å². The smallest absolute Gasteiger partial charge is 0.293 e. The third-order valence-corrected chi connectivity index (χ3v) is 3.26. The second kappa shape index (κ2) is 5.49. The van der Waals surface area contributed by atoms with Crippen molar-refractivity contribution >= 4 is 5.82 Å². The number of nitrogens with one attached hydrogen (secondary N) is 1. The Morgan fingerprint density at radius 2 is 2.28 bits per heavy atom. The first-order valence-corrected chi connectivity index (χ1v) is 6.24. The number of hydrogen-bond acceptors (Lipinski definition) is 5. The predicted molar refractivity (Wildman–Crippen MR) is 67.7 cm³/mol. The molecule has 1 aromatic heterocycles. The quantitative estimate of drug-likeness (QED) is 0.802. The molecule has 100 valence electrons. The summed E-state index contributed by atoms with van der Waals surface area (Å²) in [7, 11) is 0. The summed E-state index contributed by atoms with van der Waals surface area (Å²) < 4.78 is 6.78. The van der Waals surface area contributed by atoms with Crippen LogP contribution in [0.2, 0.25) is 0 Å². The van der Waals surface area contributed by atoms with E-state index in [1.54, 1.807) is 17.0 Å². The summed E-state index contributed by atoms with van der Waals surface area (Å²) in [5.41, 5.74) is -0.963. The fraction of sp³-hybridized carbons (Fsp3) is 0.667. The molecule has 1 aliphatic heterocycles. The number of hydrogen-bond donors (Lipinski definition) is 2. The number of anilines is 1. The number of ether oxygens (including phenoxy) is 1. The molecule has 6 nitrogen and oxygen atoms in total. The average Bonchev–Trinajstić information content (AvgIpc) is 2.38. The Morgan fingerprint density at radius 1 is 1.56 bits per heavy atom. The molecule has 18 heavy (non-hydrogen) atoms. The van der Waals surface area contributed by atoms with Gasteiger partial charge >= 0.3 is 0 Å². The van der Waals surface area contributed by atoms with Gasteiger partial charge in [0, 0.05) is 51.5 Å². The first-order valence-electron chi connectivity index (χ1n) is 6.24. The van der Waals surface area contributed by atoms with Crippen molar-refractivity contribution in [1.82, 2.24) is 9.55 Å². The topological polar surface area (TPSA) is 76.4 Å². The zero-order valence-corrected chi connectivity index (χ0v) is 10.6. The zero-order chi connectivity index (χ0) is 13.0. The lowest BCUT2D eigenvalue weighted by molar-refractivity contribution is -0.0544. The van der Waals surface area contributed by atoms with E-state index < -0.39 is 5.60 Å². The molecule has 0 aromatic carbocycles. The number of aromatic nitrogens is 2. The molecule has 6 heteroatoms. The largest absolute Gasteiger partial charge is 0.388 e. The Hall–Kier alpha value is -1.40. The zero-order valence-electron chi connectivity index (χ0n) is 10.6. The first kappa shape index (κ1) is 13.0. The van der Waals surface area contributed by atoms with E-state index in [1.165, 1.54) is 0 Å². The van der Waals surface area contributed by atoms with E-state index in [9.17, 15) is 9.90 Å². The molecular weight excluding hydrogens is 234 g/mol. The lowest BCUT2D eigenvalue weighted by Gasteiger charge is -2.32. The molecule has 2 N–H and O–H groups in total. The van der Waals surface area contributed by atoms with Gasteiger partial charge in [0.15, 0.2) is 5.82 Å². The van der Waals surface area contributed by atoms with E-state index >= 15 is 0 Å². The van der Waals surface area contributed by atoms with Crippen LogP contribution < -0.4 is 10.9 Å². The standard InChI is InChI=1S/C12H19N3O3/c1-2-15-6-5-13-10(11(15)16)14-9-12(17)3-7-18-8-4-12/h5-6,17H,2-4,7-9H2,1H3,(H,13,14). The number of nitrogens with zero attached hydrogens (tertiary/aromatic N) is 2. The van der Waals surface area contributed by atoms with Gasteiger partial charge in [-0.2, -0.15) is 0 Å². The van der Waals surface area contributed by atoms with Gasteiger partial charge in [-0.1, -0.05) is 0 Å². The predicted octanol–water partition coefficient (Wildman–Crippen LogP) is 0.217.